The summed E-state index contributed by atoms with van der Waals surface area (Å²) in [6.45, 7) is 0.862. The van der Waals surface area contributed by atoms with Crippen LogP contribution in [-0.2, 0) is 6.42 Å². The fourth-order valence-electron chi connectivity index (χ4n) is 3.35. The molecule has 0 amide bonds. The average Bonchev–Trinajstić information content (AvgIpc) is 2.47. The van der Waals surface area contributed by atoms with Gasteiger partial charge in [-0.1, -0.05) is 31.4 Å². The van der Waals surface area contributed by atoms with Crippen LogP contribution < -0.4 is 10.5 Å². The van der Waals surface area contributed by atoms with Crippen LogP contribution in [0, 0.1) is 5.92 Å². The highest BCUT2D eigenvalue weighted by molar-refractivity contribution is 5.39. The lowest BCUT2D eigenvalue weighted by molar-refractivity contribution is 0.286. The molecule has 1 aliphatic heterocycles. The van der Waals surface area contributed by atoms with Gasteiger partial charge in [0.25, 0.3) is 0 Å². The van der Waals surface area contributed by atoms with Crippen LogP contribution in [0.3, 0.4) is 0 Å². The number of hydrogen-bond donors (Lipinski definition) is 1. The Kier molecular flexibility index (Phi) is 3.55. The van der Waals surface area contributed by atoms with Crippen LogP contribution in [0.4, 0.5) is 0 Å². The van der Waals surface area contributed by atoms with Crippen LogP contribution in [0.2, 0.25) is 0 Å². The van der Waals surface area contributed by atoms with Gasteiger partial charge in [-0.3, -0.25) is 0 Å². The summed E-state index contributed by atoms with van der Waals surface area (Å²) < 4.78 is 5.66. The van der Waals surface area contributed by atoms with E-state index in [1.165, 1.54) is 43.2 Å². The Balaban J connectivity index is 1.78. The molecule has 0 saturated heterocycles. The van der Waals surface area contributed by atoms with E-state index < -0.39 is 0 Å². The first-order valence-corrected chi connectivity index (χ1v) is 7.36. The molecule has 2 aliphatic rings. The Morgan fingerprint density at radius 3 is 2.78 bits per heavy atom. The van der Waals surface area contributed by atoms with Crippen LogP contribution in [0.25, 0.3) is 0 Å². The quantitative estimate of drug-likeness (QED) is 0.864. The Hall–Kier alpha value is -1.02. The van der Waals surface area contributed by atoms with Gasteiger partial charge in [0, 0.05) is 6.04 Å². The number of ether oxygens (including phenoxy) is 1. The molecule has 1 aromatic rings. The van der Waals surface area contributed by atoms with Crippen molar-refractivity contribution in [1.29, 1.82) is 0 Å². The van der Waals surface area contributed by atoms with Gasteiger partial charge in [-0.15, -0.1) is 0 Å². The van der Waals surface area contributed by atoms with E-state index in [-0.39, 0.29) is 6.04 Å². The first kappa shape index (κ1) is 12.0. The van der Waals surface area contributed by atoms with Gasteiger partial charge < -0.3 is 10.5 Å². The molecule has 1 fully saturated rings. The Bertz CT molecular complexity index is 410. The normalized spacial score (nSPS) is 22.1. The largest absolute Gasteiger partial charge is 0.493 e. The van der Waals surface area contributed by atoms with Crippen molar-refractivity contribution < 1.29 is 4.74 Å². The summed E-state index contributed by atoms with van der Waals surface area (Å²) in [4.78, 5) is 0. The highest BCUT2D eigenvalue weighted by Gasteiger charge is 2.23. The predicted octanol–water partition coefficient (Wildman–Crippen LogP) is 3.59. The van der Waals surface area contributed by atoms with Crippen LogP contribution in [0.1, 0.15) is 55.7 Å². The lowest BCUT2D eigenvalue weighted by Crippen LogP contribution is -2.24. The lowest BCUT2D eigenvalue weighted by Gasteiger charge is -2.28. The van der Waals surface area contributed by atoms with Gasteiger partial charge in [-0.25, -0.2) is 0 Å². The zero-order valence-corrected chi connectivity index (χ0v) is 11.0. The Morgan fingerprint density at radius 2 is 1.94 bits per heavy atom. The summed E-state index contributed by atoms with van der Waals surface area (Å²) in [7, 11) is 0. The first-order valence-electron chi connectivity index (χ1n) is 7.36. The van der Waals surface area contributed by atoms with Crippen LogP contribution in [0.15, 0.2) is 18.2 Å². The molecule has 3 rings (SSSR count). The fourth-order valence-corrected chi connectivity index (χ4v) is 3.35. The topological polar surface area (TPSA) is 35.2 Å². The third-order valence-corrected chi connectivity index (χ3v) is 4.48. The van der Waals surface area contributed by atoms with E-state index in [1.807, 2.05) is 0 Å². The van der Waals surface area contributed by atoms with Gasteiger partial charge in [0.05, 0.1) is 6.61 Å². The van der Waals surface area contributed by atoms with Crippen LogP contribution in [0.5, 0.6) is 5.75 Å². The molecule has 1 heterocycles. The third-order valence-electron chi connectivity index (χ3n) is 4.48. The number of aryl methyl sites for hydroxylation is 1. The van der Waals surface area contributed by atoms with Gasteiger partial charge in [0.2, 0.25) is 0 Å². The molecule has 1 unspecified atom stereocenters. The molecule has 98 valence electrons. The first-order chi connectivity index (χ1) is 8.84. The van der Waals surface area contributed by atoms with Gasteiger partial charge in [-0.2, -0.15) is 0 Å². The third kappa shape index (κ3) is 2.39. The van der Waals surface area contributed by atoms with Gasteiger partial charge in [-0.05, 0) is 48.8 Å². The van der Waals surface area contributed by atoms with E-state index in [9.17, 15) is 0 Å². The molecule has 1 aromatic carbocycles. The highest BCUT2D eigenvalue weighted by Crippen LogP contribution is 2.35. The maximum Gasteiger partial charge on any atom is 0.122 e. The molecular formula is C16H23NO. The maximum atomic E-state index is 6.46. The summed E-state index contributed by atoms with van der Waals surface area (Å²) in [5.74, 6) is 1.75. The molecule has 0 radical (unpaired) electrons. The standard InChI is InChI=1S/C16H23NO/c17-16(12-5-2-1-3-6-12)14-8-9-15-13(11-14)7-4-10-18-15/h8-9,11-12,16H,1-7,10,17H2. The fraction of sp³-hybridized carbons (Fsp3) is 0.625. The molecule has 0 spiro atoms. The second-order valence-electron chi connectivity index (χ2n) is 5.74. The van der Waals surface area contributed by atoms with E-state index in [2.05, 4.69) is 18.2 Å². The average molecular weight is 245 g/mol. The van der Waals surface area contributed by atoms with Crippen molar-refractivity contribution in [3.63, 3.8) is 0 Å². The minimum atomic E-state index is 0.220. The van der Waals surface area contributed by atoms with Crippen molar-refractivity contribution in [2.45, 2.75) is 51.0 Å². The van der Waals surface area contributed by atoms with Crippen molar-refractivity contribution in [2.24, 2.45) is 11.7 Å². The van der Waals surface area contributed by atoms with Crippen molar-refractivity contribution >= 4 is 0 Å². The molecule has 2 nitrogen and oxygen atoms in total. The van der Waals surface area contributed by atoms with E-state index in [1.54, 1.807) is 0 Å². The van der Waals surface area contributed by atoms with E-state index in [4.69, 9.17) is 10.5 Å². The van der Waals surface area contributed by atoms with Crippen LogP contribution >= 0.6 is 0 Å². The smallest absolute Gasteiger partial charge is 0.122 e. The lowest BCUT2D eigenvalue weighted by atomic mass is 9.81. The monoisotopic (exact) mass is 245 g/mol. The summed E-state index contributed by atoms with van der Waals surface area (Å²) in [6.07, 6.45) is 8.97. The molecule has 1 saturated carbocycles. The van der Waals surface area contributed by atoms with Gasteiger partial charge in [0.15, 0.2) is 0 Å². The van der Waals surface area contributed by atoms with Crippen molar-refractivity contribution in [3.8, 4) is 5.75 Å². The minimum Gasteiger partial charge on any atom is -0.493 e. The van der Waals surface area contributed by atoms with E-state index >= 15 is 0 Å². The van der Waals surface area contributed by atoms with Gasteiger partial charge in [0.1, 0.15) is 5.75 Å². The molecular weight excluding hydrogens is 222 g/mol. The molecule has 18 heavy (non-hydrogen) atoms. The van der Waals surface area contributed by atoms with Gasteiger partial charge >= 0.3 is 0 Å². The SMILES string of the molecule is NC(c1ccc2c(c1)CCCO2)C1CCCCC1. The molecule has 0 bridgehead atoms. The van der Waals surface area contributed by atoms with Crippen LogP contribution in [-0.4, -0.2) is 6.61 Å². The summed E-state index contributed by atoms with van der Waals surface area (Å²) in [5.41, 5.74) is 9.13. The second kappa shape index (κ2) is 5.31. The van der Waals surface area contributed by atoms with Crippen molar-refractivity contribution in [2.75, 3.05) is 6.61 Å². The molecule has 2 heteroatoms. The zero-order chi connectivity index (χ0) is 12.4. The number of rotatable bonds is 2. The Morgan fingerprint density at radius 1 is 1.11 bits per heavy atom. The number of fused-ring (bicyclic) bond motifs is 1. The molecule has 0 aromatic heterocycles. The number of nitrogens with two attached hydrogens (primary N) is 1. The summed E-state index contributed by atoms with van der Waals surface area (Å²) >= 11 is 0. The molecule has 1 atom stereocenters. The second-order valence-corrected chi connectivity index (χ2v) is 5.74. The summed E-state index contributed by atoms with van der Waals surface area (Å²) in [5, 5.41) is 0. The highest BCUT2D eigenvalue weighted by atomic mass is 16.5. The minimum absolute atomic E-state index is 0.220. The molecule has 1 aliphatic carbocycles. The Labute approximate surface area is 110 Å². The molecule has 2 N–H and O–H groups in total. The van der Waals surface area contributed by atoms with Crippen molar-refractivity contribution in [1.82, 2.24) is 0 Å². The maximum absolute atomic E-state index is 6.46. The number of benzene rings is 1. The summed E-state index contributed by atoms with van der Waals surface area (Å²) in [6, 6.07) is 6.79. The van der Waals surface area contributed by atoms with E-state index in [0.717, 1.165) is 25.2 Å². The van der Waals surface area contributed by atoms with E-state index in [0.29, 0.717) is 5.92 Å². The van der Waals surface area contributed by atoms with Crippen molar-refractivity contribution in [3.05, 3.63) is 29.3 Å². The number of hydrogen-bond acceptors (Lipinski definition) is 2. The zero-order valence-electron chi connectivity index (χ0n) is 11.0. The predicted molar refractivity (Wildman–Crippen MR) is 73.8 cm³/mol.